The van der Waals surface area contributed by atoms with Gasteiger partial charge < -0.3 is 18.8 Å². The number of hydrogen-bond acceptors (Lipinski definition) is 7. The number of carbonyl (C=O) groups excluding carboxylic acids is 1. The van der Waals surface area contributed by atoms with Crippen molar-refractivity contribution in [3.63, 3.8) is 0 Å². The average molecular weight is 577 g/mol. The molecule has 4 heterocycles. The van der Waals surface area contributed by atoms with E-state index in [0.717, 1.165) is 60.5 Å². The number of fused-ring (bicyclic) bond motifs is 1. The van der Waals surface area contributed by atoms with Gasteiger partial charge in [-0.2, -0.15) is 0 Å². The van der Waals surface area contributed by atoms with Crippen LogP contribution in [0.15, 0.2) is 60.8 Å². The van der Waals surface area contributed by atoms with Crippen molar-refractivity contribution in [3.8, 4) is 5.88 Å². The molecule has 0 unspecified atom stereocenters. The van der Waals surface area contributed by atoms with E-state index >= 15 is 0 Å². The Morgan fingerprint density at radius 3 is 2.83 bits per heavy atom. The maximum absolute atomic E-state index is 14.3. The van der Waals surface area contributed by atoms with Gasteiger partial charge in [0.05, 0.1) is 42.9 Å². The third-order valence-electron chi connectivity index (χ3n) is 7.58. The Morgan fingerprint density at radius 2 is 2.10 bits per heavy atom. The topological polar surface area (TPSA) is 78.7 Å². The Morgan fingerprint density at radius 1 is 1.22 bits per heavy atom. The van der Waals surface area contributed by atoms with Crippen molar-refractivity contribution in [1.29, 1.82) is 0 Å². The summed E-state index contributed by atoms with van der Waals surface area (Å²) in [6.07, 6.45) is 5.82. The van der Waals surface area contributed by atoms with Gasteiger partial charge in [-0.3, -0.25) is 4.90 Å². The van der Waals surface area contributed by atoms with Gasteiger partial charge in [0.15, 0.2) is 0 Å². The van der Waals surface area contributed by atoms with Gasteiger partial charge in [-0.1, -0.05) is 23.7 Å². The first kappa shape index (κ1) is 27.4. The van der Waals surface area contributed by atoms with Gasteiger partial charge >= 0.3 is 5.97 Å². The second kappa shape index (κ2) is 12.0. The molecule has 0 aliphatic carbocycles. The number of aromatic nitrogens is 3. The summed E-state index contributed by atoms with van der Waals surface area (Å²) in [5, 5.41) is 0.347. The van der Waals surface area contributed by atoms with Crippen LogP contribution in [0.4, 0.5) is 4.39 Å². The number of methoxy groups -OCH3 is 1. The van der Waals surface area contributed by atoms with Gasteiger partial charge in [0.2, 0.25) is 5.88 Å². The third kappa shape index (κ3) is 5.98. The molecule has 2 aliphatic heterocycles. The van der Waals surface area contributed by atoms with E-state index in [-0.39, 0.29) is 18.7 Å². The summed E-state index contributed by atoms with van der Waals surface area (Å²) in [5.41, 5.74) is 4.71. The highest BCUT2D eigenvalue weighted by Crippen LogP contribution is 2.31. The van der Waals surface area contributed by atoms with Crippen molar-refractivity contribution in [2.24, 2.45) is 0 Å². The van der Waals surface area contributed by atoms with Crippen LogP contribution in [0, 0.1) is 5.82 Å². The van der Waals surface area contributed by atoms with E-state index < -0.39 is 5.82 Å². The quantitative estimate of drug-likeness (QED) is 0.238. The second-order valence-corrected chi connectivity index (χ2v) is 10.6. The van der Waals surface area contributed by atoms with Crippen LogP contribution in [0.1, 0.15) is 40.2 Å². The highest BCUT2D eigenvalue weighted by atomic mass is 35.5. The number of esters is 1. The number of pyridine rings is 1. The Balaban J connectivity index is 1.18. The molecular weight excluding hydrogens is 547 g/mol. The van der Waals surface area contributed by atoms with Crippen molar-refractivity contribution in [3.05, 3.63) is 94.2 Å². The van der Waals surface area contributed by atoms with Gasteiger partial charge in [0.1, 0.15) is 18.2 Å². The highest BCUT2D eigenvalue weighted by Gasteiger charge is 2.24. The number of imidazole rings is 1. The number of halogens is 2. The molecule has 1 saturated heterocycles. The number of ether oxygens (including phenoxy) is 3. The van der Waals surface area contributed by atoms with Crippen molar-refractivity contribution >= 4 is 34.2 Å². The fraction of sp³-hybridized carbons (Fsp3) is 0.323. The van der Waals surface area contributed by atoms with Crippen LogP contribution < -0.4 is 4.74 Å². The SMILES string of the molecule is COC(=O)c1ccc2nc(CN3CC=C(c4cccnc4OCc4ccc(Cl)cc4F)CC3)n(C[C@@H]3CCO3)c2c1. The molecule has 4 aromatic rings. The van der Waals surface area contributed by atoms with E-state index in [1.165, 1.54) is 13.2 Å². The summed E-state index contributed by atoms with van der Waals surface area (Å²) in [5.74, 6) is 0.640. The molecule has 0 bridgehead atoms. The van der Waals surface area contributed by atoms with Gasteiger partial charge in [0.25, 0.3) is 0 Å². The predicted molar refractivity (Wildman–Crippen MR) is 153 cm³/mol. The summed E-state index contributed by atoms with van der Waals surface area (Å²) in [6, 6.07) is 13.9. The fourth-order valence-corrected chi connectivity index (χ4v) is 5.37. The Labute approximate surface area is 242 Å². The number of benzene rings is 2. The molecule has 212 valence electrons. The molecule has 1 atom stereocenters. The molecule has 1 fully saturated rings. The Kier molecular flexibility index (Phi) is 8.00. The average Bonchev–Trinajstić information content (AvgIpc) is 3.30. The van der Waals surface area contributed by atoms with E-state index in [1.807, 2.05) is 24.3 Å². The first-order valence-corrected chi connectivity index (χ1v) is 14.0. The molecule has 2 aromatic heterocycles. The van der Waals surface area contributed by atoms with Crippen molar-refractivity contribution in [2.75, 3.05) is 26.8 Å². The molecule has 41 heavy (non-hydrogen) atoms. The van der Waals surface area contributed by atoms with E-state index in [2.05, 4.69) is 20.5 Å². The number of rotatable bonds is 9. The van der Waals surface area contributed by atoms with Crippen LogP contribution in [0.25, 0.3) is 16.6 Å². The summed E-state index contributed by atoms with van der Waals surface area (Å²) in [6.45, 7) is 3.73. The molecule has 0 radical (unpaired) electrons. The minimum atomic E-state index is -0.404. The minimum Gasteiger partial charge on any atom is -0.472 e. The van der Waals surface area contributed by atoms with Crippen LogP contribution >= 0.6 is 11.6 Å². The second-order valence-electron chi connectivity index (χ2n) is 10.2. The molecule has 10 heteroatoms. The first-order valence-electron chi connectivity index (χ1n) is 13.6. The number of nitrogens with zero attached hydrogens (tertiary/aromatic N) is 4. The van der Waals surface area contributed by atoms with Crippen molar-refractivity contribution < 1.29 is 23.4 Å². The van der Waals surface area contributed by atoms with E-state index in [1.54, 1.807) is 24.4 Å². The van der Waals surface area contributed by atoms with Crippen molar-refractivity contribution in [1.82, 2.24) is 19.4 Å². The van der Waals surface area contributed by atoms with Crippen LogP contribution in [-0.2, 0) is 29.2 Å². The maximum atomic E-state index is 14.3. The zero-order valence-electron chi connectivity index (χ0n) is 22.7. The zero-order chi connectivity index (χ0) is 28.3. The van der Waals surface area contributed by atoms with Gasteiger partial charge in [-0.15, -0.1) is 0 Å². The monoisotopic (exact) mass is 576 g/mol. The van der Waals surface area contributed by atoms with Crippen LogP contribution in [0.2, 0.25) is 5.02 Å². The van der Waals surface area contributed by atoms with Crippen LogP contribution in [0.3, 0.4) is 0 Å². The summed E-state index contributed by atoms with van der Waals surface area (Å²) in [7, 11) is 1.38. The van der Waals surface area contributed by atoms with Crippen molar-refractivity contribution in [2.45, 2.75) is 38.6 Å². The predicted octanol–water partition coefficient (Wildman–Crippen LogP) is 5.67. The summed E-state index contributed by atoms with van der Waals surface area (Å²) in [4.78, 5) is 23.9. The lowest BCUT2D eigenvalue weighted by Crippen LogP contribution is -2.33. The Hall–Kier alpha value is -3.79. The molecule has 6 rings (SSSR count). The smallest absolute Gasteiger partial charge is 0.337 e. The highest BCUT2D eigenvalue weighted by molar-refractivity contribution is 6.30. The number of carbonyl (C=O) groups is 1. The van der Waals surface area contributed by atoms with Gasteiger partial charge in [-0.05, 0) is 60.9 Å². The molecule has 0 amide bonds. The molecule has 0 saturated carbocycles. The molecule has 2 aliphatic rings. The Bertz CT molecular complexity index is 1620. The van der Waals surface area contributed by atoms with Crippen LogP contribution in [-0.4, -0.2) is 58.3 Å². The molecule has 0 N–H and O–H groups in total. The molecular formula is C31H30ClFN4O4. The zero-order valence-corrected chi connectivity index (χ0v) is 23.4. The lowest BCUT2D eigenvalue weighted by atomic mass is 10.0. The van der Waals surface area contributed by atoms with E-state index in [9.17, 15) is 9.18 Å². The third-order valence-corrected chi connectivity index (χ3v) is 7.82. The molecule has 0 spiro atoms. The van der Waals surface area contributed by atoms with Gasteiger partial charge in [-0.25, -0.2) is 19.2 Å². The first-order chi connectivity index (χ1) is 20.0. The van der Waals surface area contributed by atoms with E-state index in [0.29, 0.717) is 35.1 Å². The molecule has 8 nitrogen and oxygen atoms in total. The number of hydrogen-bond donors (Lipinski definition) is 0. The fourth-order valence-electron chi connectivity index (χ4n) is 5.21. The van der Waals surface area contributed by atoms with E-state index in [4.69, 9.17) is 30.8 Å². The normalized spacial score (nSPS) is 17.2. The minimum absolute atomic E-state index is 0.0606. The summed E-state index contributed by atoms with van der Waals surface area (Å²) < 4.78 is 33.0. The van der Waals surface area contributed by atoms with Gasteiger partial charge in [0, 0.05) is 42.0 Å². The molecule has 2 aromatic carbocycles. The summed E-state index contributed by atoms with van der Waals surface area (Å²) >= 11 is 5.88. The maximum Gasteiger partial charge on any atom is 0.337 e. The lowest BCUT2D eigenvalue weighted by Gasteiger charge is -2.29. The largest absolute Gasteiger partial charge is 0.472 e. The lowest BCUT2D eigenvalue weighted by molar-refractivity contribution is -0.0591. The van der Waals surface area contributed by atoms with Crippen LogP contribution in [0.5, 0.6) is 5.88 Å². The standard InChI is InChI=1S/C31H30ClFN4O4/c1-39-31(38)21-5-7-27-28(15-21)37(17-24-10-14-40-24)29(35-27)18-36-12-8-20(9-13-36)25-3-2-11-34-30(25)41-19-22-4-6-23(32)16-26(22)33/h2-8,11,15-16,24H,9-10,12-14,17-19H2,1H3/t24-/m0/s1.